The van der Waals surface area contributed by atoms with E-state index in [1.165, 1.54) is 31.3 Å². The molecule has 13 nitrogen and oxygen atoms in total. The maximum Gasteiger partial charge on any atom is 0.339 e. The molecule has 1 aromatic heterocycles. The summed E-state index contributed by atoms with van der Waals surface area (Å²) in [6.07, 6.45) is 24.3. The Morgan fingerprint density at radius 1 is 0.960 bits per heavy atom. The van der Waals surface area contributed by atoms with Crippen LogP contribution < -0.4 is 5.32 Å². The van der Waals surface area contributed by atoms with Crippen LogP contribution in [-0.4, -0.2) is 106 Å². The van der Waals surface area contributed by atoms with Crippen LogP contribution in [0.5, 0.6) is 0 Å². The molecular formula is C62H78N2O11. The Balaban J connectivity index is 0.809. The molecule has 75 heavy (non-hydrogen) atoms. The molecule has 13 fully saturated rings. The average molecular weight is 1030 g/mol. The van der Waals surface area contributed by atoms with Crippen LogP contribution in [0.25, 0.3) is 0 Å². The van der Waals surface area contributed by atoms with Crippen molar-refractivity contribution in [2.24, 2.45) is 104 Å². The second-order valence-electron chi connectivity index (χ2n) is 29.0. The molecule has 8 saturated carbocycles. The van der Waals surface area contributed by atoms with Crippen molar-refractivity contribution in [2.45, 2.75) is 171 Å². The minimum absolute atomic E-state index is 0.0475. The number of nitrogens with zero attached hydrogens (tertiary/aromatic N) is 1. The fourth-order valence-electron chi connectivity index (χ4n) is 25.2. The minimum Gasteiger partial charge on any atom is -0.469 e. The Morgan fingerprint density at radius 2 is 1.84 bits per heavy atom. The van der Waals surface area contributed by atoms with Crippen molar-refractivity contribution in [3.8, 4) is 0 Å². The number of esters is 2. The van der Waals surface area contributed by atoms with Gasteiger partial charge in [-0.2, -0.15) is 0 Å². The molecular weight excluding hydrogens is 949 g/mol. The van der Waals surface area contributed by atoms with Crippen molar-refractivity contribution in [3.63, 3.8) is 0 Å². The summed E-state index contributed by atoms with van der Waals surface area (Å²) >= 11 is 0. The maximum absolute atomic E-state index is 16.7. The maximum atomic E-state index is 16.7. The lowest BCUT2D eigenvalue weighted by molar-refractivity contribution is -0.281. The van der Waals surface area contributed by atoms with E-state index in [9.17, 15) is 20.1 Å². The van der Waals surface area contributed by atoms with E-state index in [1.54, 1.807) is 6.26 Å². The van der Waals surface area contributed by atoms with Gasteiger partial charge in [0.05, 0.1) is 48.5 Å². The molecule has 26 unspecified atom stereocenters. The Morgan fingerprint density at radius 3 is 2.71 bits per heavy atom. The first-order valence-electron chi connectivity index (χ1n) is 30.0. The average Bonchev–Trinajstić information content (AvgIpc) is 2.97. The van der Waals surface area contributed by atoms with Crippen molar-refractivity contribution in [3.05, 3.63) is 59.7 Å². The highest BCUT2D eigenvalue weighted by molar-refractivity contribution is 5.94. The van der Waals surface area contributed by atoms with Gasteiger partial charge in [0.25, 0.3) is 0 Å². The van der Waals surface area contributed by atoms with Gasteiger partial charge in [0.2, 0.25) is 0 Å². The predicted molar refractivity (Wildman–Crippen MR) is 269 cm³/mol. The van der Waals surface area contributed by atoms with Crippen LogP contribution in [0.15, 0.2) is 52.8 Å². The van der Waals surface area contributed by atoms with E-state index in [2.05, 4.69) is 61.5 Å². The van der Waals surface area contributed by atoms with E-state index < -0.39 is 86.6 Å². The van der Waals surface area contributed by atoms with E-state index in [1.807, 2.05) is 6.07 Å². The van der Waals surface area contributed by atoms with Gasteiger partial charge in [0, 0.05) is 46.7 Å². The quantitative estimate of drug-likeness (QED) is 0.129. The lowest BCUT2D eigenvalue weighted by Crippen LogP contribution is -2.80. The summed E-state index contributed by atoms with van der Waals surface area (Å²) in [7, 11) is 0. The van der Waals surface area contributed by atoms with E-state index >= 15 is 9.59 Å². The molecule has 9 aliphatic carbocycles. The summed E-state index contributed by atoms with van der Waals surface area (Å²) in [5.74, 6) is 0.483. The number of furan rings is 1. The Labute approximate surface area is 440 Å². The van der Waals surface area contributed by atoms with E-state index in [0.29, 0.717) is 54.7 Å². The van der Waals surface area contributed by atoms with Crippen molar-refractivity contribution in [2.75, 3.05) is 26.4 Å². The first-order chi connectivity index (χ1) is 36.2. The molecule has 0 aromatic carbocycles. The normalized spacial score (nSPS) is 57.0. The molecule has 4 N–H and O–H groups in total. The third-order valence-corrected chi connectivity index (χ3v) is 27.4. The number of ether oxygens (including phenoxy) is 4. The van der Waals surface area contributed by atoms with Crippen LogP contribution in [0.1, 0.15) is 135 Å². The molecule has 6 spiro atoms. The molecule has 17 rings (SSSR count). The van der Waals surface area contributed by atoms with E-state index in [-0.39, 0.29) is 60.0 Å². The number of nitrogens with one attached hydrogen (secondary N) is 1. The third kappa shape index (κ3) is 4.94. The van der Waals surface area contributed by atoms with Crippen LogP contribution in [0, 0.1) is 104 Å². The van der Waals surface area contributed by atoms with E-state index in [4.69, 9.17) is 23.4 Å². The summed E-state index contributed by atoms with van der Waals surface area (Å²) in [5.41, 5.74) is -5.37. The van der Waals surface area contributed by atoms with Gasteiger partial charge in [0.1, 0.15) is 35.8 Å². The first kappa shape index (κ1) is 46.6. The predicted octanol–water partition coefficient (Wildman–Crippen LogP) is 7.14. The zero-order valence-corrected chi connectivity index (χ0v) is 44.1. The molecule has 8 heterocycles. The number of cyclic esters (lactones) is 2. The topological polar surface area (TPSA) is 181 Å². The zero-order chi connectivity index (χ0) is 50.8. The lowest BCUT2D eigenvalue weighted by atomic mass is 9.32. The minimum atomic E-state index is -1.49. The fourth-order valence-corrected chi connectivity index (χ4v) is 25.2. The number of ketones is 1. The smallest absolute Gasteiger partial charge is 0.339 e. The summed E-state index contributed by atoms with van der Waals surface area (Å²) in [6.45, 7) is 8.29. The van der Waals surface area contributed by atoms with Gasteiger partial charge in [-0.3, -0.25) is 14.9 Å². The standard InChI is InChI=1S/C62H78N2O11/c1-31-38-9-4-7-32(38)12-18-57(31)16-6-17-60-45(57)23-37-22-36-8-5-15-58(36)26-35-25-55(2)51(40-14-20-71-44(40)24-41(43(66)28-65)33-10-11-39-34(21-33)13-19-64-30-63-27-42(39)64)73-54(70)52-62(55,74-52)56(3)47(35)59(48(60)46(67)50(56)68)29-72-53(69)49(58)61(37,59)75-60/h6,13-14,16,19-20,23,31-36,38-39,41-43,45,47-52,63,65-66,68H,4-5,7-12,15,17-18,21-22,24-30H2,1-3H3. The fraction of sp³-hybridized carbons (Fsp3) is 0.790. The third-order valence-electron chi connectivity index (χ3n) is 27.4. The van der Waals surface area contributed by atoms with Crippen LogP contribution in [-0.2, 0) is 39.8 Å². The molecule has 0 radical (unpaired) electrons. The number of rotatable bonds is 6. The zero-order valence-electron chi connectivity index (χ0n) is 44.1. The van der Waals surface area contributed by atoms with Gasteiger partial charge in [-0.25, -0.2) is 4.79 Å². The highest BCUT2D eigenvalue weighted by Gasteiger charge is 2.97. The van der Waals surface area contributed by atoms with Crippen LogP contribution in [0.3, 0.4) is 0 Å². The van der Waals surface area contributed by atoms with Crippen molar-refractivity contribution in [1.29, 1.82) is 0 Å². The molecule has 5 saturated heterocycles. The van der Waals surface area contributed by atoms with Crippen LogP contribution in [0.4, 0.5) is 0 Å². The molecule has 7 aliphatic heterocycles. The monoisotopic (exact) mass is 1030 g/mol. The van der Waals surface area contributed by atoms with Gasteiger partial charge in [-0.05, 0) is 159 Å². The summed E-state index contributed by atoms with van der Waals surface area (Å²) in [4.78, 5) is 49.5. The number of epoxide rings is 1. The Hall–Kier alpha value is -3.33. The number of fused-ring (bicyclic) bond motifs is 5. The first-order valence-corrected chi connectivity index (χ1v) is 30.0. The second-order valence-corrected chi connectivity index (χ2v) is 29.0. The number of carbonyl (C=O) groups is 3. The molecule has 13 heteroatoms. The number of Topliss-reactive ketones (excluding diaryl/α,β-unsaturated/α-hetero) is 1. The number of hydrogen-bond acceptors (Lipinski definition) is 13. The molecule has 16 aliphatic rings. The highest BCUT2D eigenvalue weighted by Crippen LogP contribution is 2.89. The van der Waals surface area contributed by atoms with Crippen molar-refractivity contribution >= 4 is 17.7 Å². The SMILES string of the molecule is CC1C2CCCC2CCC12C=CCC13OC45C(=CC21)CC1CCCC12CC1CC6(C)C(c7ccoc7CC(C(O)CO)C7CCC8C(C=CN9CNCC89)C7)OC(=O)C7OC76C6(C)C(O)C(=O)C3C4(COC(=O)C25)C16. The molecule has 402 valence electrons. The van der Waals surface area contributed by atoms with Gasteiger partial charge in [-0.15, -0.1) is 0 Å². The molecule has 5 bridgehead atoms. The van der Waals surface area contributed by atoms with Crippen LogP contribution >= 0.6 is 0 Å². The number of aliphatic hydroxyl groups is 3. The van der Waals surface area contributed by atoms with Gasteiger partial charge in [-0.1, -0.05) is 64.3 Å². The number of hydrogen-bond donors (Lipinski definition) is 4. The van der Waals surface area contributed by atoms with Gasteiger partial charge in [0.15, 0.2) is 11.9 Å². The Bertz CT molecular complexity index is 2810. The lowest BCUT2D eigenvalue weighted by Gasteiger charge is -2.70. The van der Waals surface area contributed by atoms with Crippen molar-refractivity contribution in [1.82, 2.24) is 10.2 Å². The molecule has 0 amide bonds. The van der Waals surface area contributed by atoms with E-state index in [0.717, 1.165) is 82.5 Å². The summed E-state index contributed by atoms with van der Waals surface area (Å²) < 4.78 is 35.6. The molecule has 1 aromatic rings. The van der Waals surface area contributed by atoms with Gasteiger partial charge >= 0.3 is 11.9 Å². The Kier molecular flexibility index (Phi) is 9.14. The second kappa shape index (κ2) is 14.7. The van der Waals surface area contributed by atoms with Crippen molar-refractivity contribution < 1.29 is 53.1 Å². The largest absolute Gasteiger partial charge is 0.469 e. The summed E-state index contributed by atoms with van der Waals surface area (Å²) in [6, 6.07) is 2.39. The highest BCUT2D eigenvalue weighted by atomic mass is 16.7. The summed E-state index contributed by atoms with van der Waals surface area (Å²) in [5, 5.41) is 39.8. The number of allylic oxidation sites excluding steroid dienone is 2. The van der Waals surface area contributed by atoms with Crippen LogP contribution in [0.2, 0.25) is 0 Å². The van der Waals surface area contributed by atoms with Gasteiger partial charge < -0.3 is 43.6 Å². The number of aliphatic hydroxyl groups excluding tert-OH is 3. The number of carbonyl (C=O) groups excluding carboxylic acids is 3. The molecule has 26 atom stereocenters.